The summed E-state index contributed by atoms with van der Waals surface area (Å²) in [5.74, 6) is -0.972. The molecular formula is C42H43FN4O5. The zero-order valence-corrected chi connectivity index (χ0v) is 29.2. The second kappa shape index (κ2) is 15.5. The van der Waals surface area contributed by atoms with Crippen LogP contribution in [0.3, 0.4) is 0 Å². The van der Waals surface area contributed by atoms with Crippen LogP contribution in [0.5, 0.6) is 5.75 Å². The van der Waals surface area contributed by atoms with Crippen LogP contribution in [0.25, 0.3) is 11.3 Å². The first-order valence-electron chi connectivity index (χ1n) is 17.8. The van der Waals surface area contributed by atoms with Gasteiger partial charge in [-0.25, -0.2) is 4.39 Å². The quantitative estimate of drug-likeness (QED) is 0.171. The first kappa shape index (κ1) is 35.1. The van der Waals surface area contributed by atoms with Crippen molar-refractivity contribution in [1.29, 1.82) is 0 Å². The second-order valence-corrected chi connectivity index (χ2v) is 13.4. The first-order valence-corrected chi connectivity index (χ1v) is 17.8. The number of phenolic OH excluding ortho intramolecular Hbond substituents is 1. The van der Waals surface area contributed by atoms with E-state index < -0.39 is 5.82 Å². The Morgan fingerprint density at radius 3 is 2.29 bits per heavy atom. The van der Waals surface area contributed by atoms with E-state index in [0.717, 1.165) is 18.7 Å². The van der Waals surface area contributed by atoms with Crippen LogP contribution in [0.4, 0.5) is 15.8 Å². The van der Waals surface area contributed by atoms with E-state index >= 15 is 4.39 Å². The van der Waals surface area contributed by atoms with Gasteiger partial charge in [-0.05, 0) is 91.6 Å². The van der Waals surface area contributed by atoms with E-state index in [-0.39, 0.29) is 30.2 Å². The van der Waals surface area contributed by atoms with Crippen LogP contribution >= 0.6 is 0 Å². The predicted octanol–water partition coefficient (Wildman–Crippen LogP) is 6.57. The zero-order chi connectivity index (χ0) is 36.2. The van der Waals surface area contributed by atoms with Crippen LogP contribution in [0, 0.1) is 12.7 Å². The molecule has 0 radical (unpaired) electrons. The highest BCUT2D eigenvalue weighted by atomic mass is 19.1. The SMILES string of the molecule is Cc1c(C(=O)N(c2ccccc2)c2ccc(O)cc2)cc(-c2cc(F)ccc2C(=O)N2Cc3ccccc3C[C@H]2CN2CCOCC2)n1CCCO. The van der Waals surface area contributed by atoms with E-state index in [1.165, 1.54) is 29.8 Å². The summed E-state index contributed by atoms with van der Waals surface area (Å²) in [6.07, 6.45) is 1.09. The summed E-state index contributed by atoms with van der Waals surface area (Å²) in [4.78, 5) is 35.3. The van der Waals surface area contributed by atoms with Crippen LogP contribution in [-0.4, -0.2) is 81.9 Å². The number of carbonyl (C=O) groups is 2. The summed E-state index contributed by atoms with van der Waals surface area (Å²) in [6.45, 7) is 6.09. The van der Waals surface area contributed by atoms with Gasteiger partial charge in [0.25, 0.3) is 11.8 Å². The Bertz CT molecular complexity index is 2040. The summed E-state index contributed by atoms with van der Waals surface area (Å²) in [5.41, 5.74) is 5.70. The van der Waals surface area contributed by atoms with E-state index in [1.807, 2.05) is 58.9 Å². The molecule has 2 aliphatic rings. The van der Waals surface area contributed by atoms with Crippen molar-refractivity contribution < 1.29 is 28.9 Å². The van der Waals surface area contributed by atoms with E-state index in [9.17, 15) is 19.8 Å². The highest BCUT2D eigenvalue weighted by Crippen LogP contribution is 2.36. The number of phenols is 1. The molecule has 4 aromatic carbocycles. The maximum Gasteiger partial charge on any atom is 0.264 e. The minimum Gasteiger partial charge on any atom is -0.508 e. The number of aromatic hydroxyl groups is 1. The number of anilines is 2. The van der Waals surface area contributed by atoms with E-state index in [4.69, 9.17) is 4.74 Å². The lowest BCUT2D eigenvalue weighted by atomic mass is 9.92. The van der Waals surface area contributed by atoms with Gasteiger partial charge in [-0.15, -0.1) is 0 Å². The number of hydrogen-bond donors (Lipinski definition) is 2. The Morgan fingerprint density at radius 1 is 0.865 bits per heavy atom. The molecule has 9 nitrogen and oxygen atoms in total. The third-order valence-electron chi connectivity index (χ3n) is 10.1. The number of aliphatic hydroxyl groups excluding tert-OH is 1. The highest BCUT2D eigenvalue weighted by molar-refractivity contribution is 6.12. The number of morpholine rings is 1. The molecule has 1 aromatic heterocycles. The summed E-state index contributed by atoms with van der Waals surface area (Å²) in [5, 5.41) is 19.9. The lowest BCUT2D eigenvalue weighted by Gasteiger charge is -2.40. The van der Waals surface area contributed by atoms with E-state index in [0.29, 0.717) is 85.1 Å². The average molecular weight is 703 g/mol. The van der Waals surface area contributed by atoms with Gasteiger partial charge in [-0.1, -0.05) is 42.5 Å². The van der Waals surface area contributed by atoms with Crippen molar-refractivity contribution in [2.75, 3.05) is 44.4 Å². The number of carbonyl (C=O) groups excluding carboxylic acids is 2. The number of amides is 2. The number of para-hydroxylation sites is 1. The van der Waals surface area contributed by atoms with Gasteiger partial charge in [0.1, 0.15) is 11.6 Å². The smallest absolute Gasteiger partial charge is 0.264 e. The fraction of sp³-hybridized carbons (Fsp3) is 0.286. The number of aliphatic hydroxyl groups is 1. The van der Waals surface area contributed by atoms with Gasteiger partial charge in [-0.3, -0.25) is 19.4 Å². The van der Waals surface area contributed by atoms with Crippen molar-refractivity contribution in [3.8, 4) is 17.0 Å². The van der Waals surface area contributed by atoms with Crippen molar-refractivity contribution in [2.45, 2.75) is 38.9 Å². The lowest BCUT2D eigenvalue weighted by molar-refractivity contribution is 0.0193. The Labute approximate surface area is 303 Å². The lowest BCUT2D eigenvalue weighted by Crippen LogP contribution is -2.52. The Kier molecular flexibility index (Phi) is 10.5. The van der Waals surface area contributed by atoms with Crippen molar-refractivity contribution in [3.63, 3.8) is 0 Å². The van der Waals surface area contributed by atoms with Gasteiger partial charge >= 0.3 is 0 Å². The maximum atomic E-state index is 15.3. The van der Waals surface area contributed by atoms with E-state index in [2.05, 4.69) is 17.0 Å². The average Bonchev–Trinajstić information content (AvgIpc) is 3.50. The van der Waals surface area contributed by atoms with Gasteiger partial charge in [-0.2, -0.15) is 0 Å². The minimum absolute atomic E-state index is 0.0745. The van der Waals surface area contributed by atoms with Gasteiger partial charge in [0, 0.05) is 79.3 Å². The molecule has 10 heteroatoms. The van der Waals surface area contributed by atoms with Crippen molar-refractivity contribution in [2.24, 2.45) is 0 Å². The standard InChI is InChI=1S/C42H43FN4O5/c1-29-38(42(51)47(33-10-3-2-4-11-33)34-13-15-36(49)16-14-34)26-40(45(29)18-7-21-48)39-25-32(43)12-17-37(39)41(50)46-27-31-9-6-5-8-30(31)24-35(46)28-44-19-22-52-23-20-44/h2-6,8-17,25-26,35,48-49H,7,18-24,27-28H2,1H3/t35-/m0/s1. The third-order valence-corrected chi connectivity index (χ3v) is 10.1. The molecule has 1 saturated heterocycles. The molecule has 0 bridgehead atoms. The number of halogens is 1. The maximum absolute atomic E-state index is 15.3. The number of ether oxygens (including phenoxy) is 1. The number of fused-ring (bicyclic) bond motifs is 1. The fourth-order valence-electron chi connectivity index (χ4n) is 7.42. The van der Waals surface area contributed by atoms with Crippen LogP contribution in [0.15, 0.2) is 103 Å². The number of rotatable bonds is 10. The number of hydrogen-bond acceptors (Lipinski definition) is 6. The molecule has 2 aliphatic heterocycles. The Morgan fingerprint density at radius 2 is 1.56 bits per heavy atom. The summed E-state index contributed by atoms with van der Waals surface area (Å²) < 4.78 is 22.8. The van der Waals surface area contributed by atoms with Crippen molar-refractivity contribution in [3.05, 3.63) is 137 Å². The largest absolute Gasteiger partial charge is 0.508 e. The van der Waals surface area contributed by atoms with Crippen molar-refractivity contribution in [1.82, 2.24) is 14.4 Å². The number of benzene rings is 4. The van der Waals surface area contributed by atoms with Crippen LogP contribution in [0.1, 0.15) is 44.0 Å². The molecule has 1 fully saturated rings. The zero-order valence-electron chi connectivity index (χ0n) is 29.2. The summed E-state index contributed by atoms with van der Waals surface area (Å²) >= 11 is 0. The van der Waals surface area contributed by atoms with Gasteiger partial charge in [0.15, 0.2) is 0 Å². The molecule has 0 unspecified atom stereocenters. The molecule has 52 heavy (non-hydrogen) atoms. The van der Waals surface area contributed by atoms with Gasteiger partial charge in [0.05, 0.1) is 18.8 Å². The second-order valence-electron chi connectivity index (χ2n) is 13.4. The molecule has 5 aromatic rings. The monoisotopic (exact) mass is 702 g/mol. The van der Waals surface area contributed by atoms with Gasteiger partial charge in [0.2, 0.25) is 0 Å². The minimum atomic E-state index is -0.504. The van der Waals surface area contributed by atoms with Crippen molar-refractivity contribution >= 4 is 23.2 Å². The number of aromatic nitrogens is 1. The van der Waals surface area contributed by atoms with E-state index in [1.54, 1.807) is 29.2 Å². The topological polar surface area (TPSA) is 98.5 Å². The van der Waals surface area contributed by atoms with Crippen LogP contribution < -0.4 is 4.90 Å². The third kappa shape index (κ3) is 7.23. The predicted molar refractivity (Wildman–Crippen MR) is 198 cm³/mol. The fourth-order valence-corrected chi connectivity index (χ4v) is 7.42. The molecule has 1 atom stereocenters. The van der Waals surface area contributed by atoms with Crippen LogP contribution in [-0.2, 0) is 24.2 Å². The van der Waals surface area contributed by atoms with Crippen LogP contribution in [0.2, 0.25) is 0 Å². The highest BCUT2D eigenvalue weighted by Gasteiger charge is 2.34. The molecule has 3 heterocycles. The van der Waals surface area contributed by atoms with Gasteiger partial charge < -0.3 is 24.4 Å². The first-order chi connectivity index (χ1) is 25.3. The molecule has 2 N–H and O–H groups in total. The molecule has 0 spiro atoms. The molecule has 2 amide bonds. The molecule has 268 valence electrons. The Hall–Kier alpha value is -5.29. The molecule has 0 aliphatic carbocycles. The normalized spacial score (nSPS) is 16.1. The summed E-state index contributed by atoms with van der Waals surface area (Å²) in [7, 11) is 0. The molecular weight excluding hydrogens is 659 g/mol. The molecule has 0 saturated carbocycles. The molecule has 7 rings (SSSR count). The Balaban J connectivity index is 1.31. The summed E-state index contributed by atoms with van der Waals surface area (Å²) in [6, 6.07) is 29.7. The number of nitrogens with zero attached hydrogens (tertiary/aromatic N) is 4.